The first-order chi connectivity index (χ1) is 11.4. The number of carbonyl (C=O) groups is 2. The number of ether oxygens (including phenoxy) is 1. The second kappa shape index (κ2) is 8.16. The fourth-order valence-corrected chi connectivity index (χ4v) is 2.11. The number of rotatable bonds is 3. The van der Waals surface area contributed by atoms with E-state index < -0.39 is 25.8 Å². The number of nitrogens with one attached hydrogen (secondary N) is 2. The van der Waals surface area contributed by atoms with Crippen LogP contribution in [0.3, 0.4) is 0 Å². The van der Waals surface area contributed by atoms with Crippen LogP contribution in [0, 0.1) is 11.5 Å². The van der Waals surface area contributed by atoms with E-state index in [0.717, 1.165) is 0 Å². The van der Waals surface area contributed by atoms with Crippen LogP contribution in [0.4, 0.5) is 10.6 Å². The first kappa shape index (κ1) is 20.7. The third kappa shape index (κ3) is 8.91. The van der Waals surface area contributed by atoms with Gasteiger partial charge >= 0.3 is 6.09 Å². The minimum absolute atomic E-state index is 0.381. The highest BCUT2D eigenvalue weighted by molar-refractivity contribution is 6.83. The van der Waals surface area contributed by atoms with Crippen molar-refractivity contribution in [2.75, 3.05) is 5.32 Å². The molecular weight excluding hydrogens is 334 g/mol. The third-order valence-corrected chi connectivity index (χ3v) is 3.57. The van der Waals surface area contributed by atoms with Crippen LogP contribution < -0.4 is 10.6 Å². The zero-order chi connectivity index (χ0) is 19.3. The molecule has 1 aromatic heterocycles. The molecule has 6 nitrogen and oxygen atoms in total. The van der Waals surface area contributed by atoms with Crippen molar-refractivity contribution in [3.8, 4) is 11.5 Å². The Bertz CT molecular complexity index is 694. The highest BCUT2D eigenvalue weighted by Crippen LogP contribution is 2.08. The number of amides is 2. The lowest BCUT2D eigenvalue weighted by Gasteiger charge is -2.21. The maximum absolute atomic E-state index is 12.2. The summed E-state index contributed by atoms with van der Waals surface area (Å²) in [6.07, 6.45) is -0.641. The second-order valence-electron chi connectivity index (χ2n) is 7.77. The molecule has 0 aliphatic heterocycles. The molecule has 0 saturated heterocycles. The van der Waals surface area contributed by atoms with Crippen molar-refractivity contribution >= 4 is 25.9 Å². The molecule has 2 amide bonds. The lowest BCUT2D eigenvalue weighted by molar-refractivity contribution is -0.117. The molecule has 7 heteroatoms. The van der Waals surface area contributed by atoms with Gasteiger partial charge in [0.2, 0.25) is 5.91 Å². The summed E-state index contributed by atoms with van der Waals surface area (Å²) in [6, 6.07) is 4.50. The molecule has 1 rings (SSSR count). The molecule has 1 aromatic rings. The molecule has 0 aliphatic rings. The summed E-state index contributed by atoms with van der Waals surface area (Å²) < 4.78 is 5.13. The Morgan fingerprint density at radius 1 is 1.24 bits per heavy atom. The summed E-state index contributed by atoms with van der Waals surface area (Å²) in [5.41, 5.74) is 3.21. The van der Waals surface area contributed by atoms with E-state index in [1.54, 1.807) is 45.9 Å². The summed E-state index contributed by atoms with van der Waals surface area (Å²) >= 11 is 0. The molecule has 25 heavy (non-hydrogen) atoms. The summed E-state index contributed by atoms with van der Waals surface area (Å²) in [5, 5.41) is 5.16. The summed E-state index contributed by atoms with van der Waals surface area (Å²) in [6.45, 7) is 13.3. The molecule has 1 heterocycles. The van der Waals surface area contributed by atoms with Gasteiger partial charge in [0.05, 0.1) is 0 Å². The molecule has 2 N–H and O–H groups in total. The lowest BCUT2D eigenvalue weighted by Crippen LogP contribution is -2.44. The maximum atomic E-state index is 12.2. The Labute approximate surface area is 150 Å². The van der Waals surface area contributed by atoms with Crippen LogP contribution in [0.25, 0.3) is 0 Å². The van der Waals surface area contributed by atoms with Crippen LogP contribution in [0.5, 0.6) is 0 Å². The van der Waals surface area contributed by atoms with Gasteiger partial charge < -0.3 is 15.4 Å². The number of pyridine rings is 1. The average molecular weight is 362 g/mol. The second-order valence-corrected chi connectivity index (χ2v) is 12.5. The molecule has 0 saturated carbocycles. The van der Waals surface area contributed by atoms with Crippen molar-refractivity contribution in [3.63, 3.8) is 0 Å². The number of alkyl carbamates (subject to hydrolysis) is 1. The van der Waals surface area contributed by atoms with Gasteiger partial charge in [0, 0.05) is 0 Å². The predicted octanol–water partition coefficient (Wildman–Crippen LogP) is 3.16. The van der Waals surface area contributed by atoms with Crippen LogP contribution in [0.15, 0.2) is 18.2 Å². The first-order valence-corrected chi connectivity index (χ1v) is 11.7. The largest absolute Gasteiger partial charge is 0.444 e. The van der Waals surface area contributed by atoms with E-state index in [0.29, 0.717) is 11.5 Å². The molecule has 0 bridgehead atoms. The van der Waals surface area contributed by atoms with Crippen molar-refractivity contribution in [3.05, 3.63) is 23.9 Å². The minimum atomic E-state index is -1.50. The van der Waals surface area contributed by atoms with E-state index in [2.05, 4.69) is 46.7 Å². The number of carbonyl (C=O) groups excluding carboxylic acids is 2. The Morgan fingerprint density at radius 2 is 1.88 bits per heavy atom. The fourth-order valence-electron chi connectivity index (χ4n) is 1.61. The average Bonchev–Trinajstić information content (AvgIpc) is 2.42. The van der Waals surface area contributed by atoms with Gasteiger partial charge in [0.1, 0.15) is 31.2 Å². The van der Waals surface area contributed by atoms with Crippen molar-refractivity contribution in [1.29, 1.82) is 0 Å². The van der Waals surface area contributed by atoms with E-state index in [-0.39, 0.29) is 5.91 Å². The molecule has 0 spiro atoms. The Morgan fingerprint density at radius 3 is 2.44 bits per heavy atom. The van der Waals surface area contributed by atoms with E-state index >= 15 is 0 Å². The van der Waals surface area contributed by atoms with E-state index in [1.807, 2.05) is 0 Å². The predicted molar refractivity (Wildman–Crippen MR) is 102 cm³/mol. The molecular formula is C18H27N3O3Si. The molecule has 136 valence electrons. The Hall–Kier alpha value is -2.33. The van der Waals surface area contributed by atoms with Crippen LogP contribution >= 0.6 is 0 Å². The highest BCUT2D eigenvalue weighted by atomic mass is 28.3. The van der Waals surface area contributed by atoms with Crippen molar-refractivity contribution < 1.29 is 14.3 Å². The zero-order valence-corrected chi connectivity index (χ0v) is 17.0. The van der Waals surface area contributed by atoms with Gasteiger partial charge in [-0.3, -0.25) is 4.79 Å². The standard InChI is InChI=1S/C18H27N3O3Si/c1-13(19-17(23)24-18(2,3)4)16(22)21-15-10-8-9-14(20-15)11-12-25(5,6)7/h8-10,13H,1-7H3,(H,19,23)(H,20,21,22). The van der Waals surface area contributed by atoms with E-state index in [9.17, 15) is 9.59 Å². The van der Waals surface area contributed by atoms with E-state index in [1.165, 1.54) is 0 Å². The van der Waals surface area contributed by atoms with Gasteiger partial charge in [0.15, 0.2) is 0 Å². The van der Waals surface area contributed by atoms with Crippen molar-refractivity contribution in [2.45, 2.75) is 59.0 Å². The van der Waals surface area contributed by atoms with Crippen LogP contribution in [0.2, 0.25) is 19.6 Å². The molecule has 0 fully saturated rings. The Balaban J connectivity index is 2.70. The Kier molecular flexibility index (Phi) is 6.76. The van der Waals surface area contributed by atoms with Gasteiger partial charge in [-0.25, -0.2) is 9.78 Å². The normalized spacial score (nSPS) is 12.4. The van der Waals surface area contributed by atoms with Gasteiger partial charge in [-0.2, -0.15) is 0 Å². The van der Waals surface area contributed by atoms with Crippen LogP contribution in [-0.2, 0) is 9.53 Å². The zero-order valence-electron chi connectivity index (χ0n) is 16.0. The number of hydrogen-bond donors (Lipinski definition) is 2. The van der Waals surface area contributed by atoms with Crippen molar-refractivity contribution in [2.24, 2.45) is 0 Å². The van der Waals surface area contributed by atoms with Gasteiger partial charge in [-0.15, -0.1) is 5.54 Å². The minimum Gasteiger partial charge on any atom is -0.444 e. The quantitative estimate of drug-likeness (QED) is 0.640. The molecule has 0 aliphatic carbocycles. The summed E-state index contributed by atoms with van der Waals surface area (Å²) in [5.74, 6) is 3.06. The van der Waals surface area contributed by atoms with Gasteiger partial charge in [0.25, 0.3) is 0 Å². The topological polar surface area (TPSA) is 80.3 Å². The summed E-state index contributed by atoms with van der Waals surface area (Å²) in [7, 11) is -1.50. The van der Waals surface area contributed by atoms with Gasteiger partial charge in [-0.1, -0.05) is 31.6 Å². The smallest absolute Gasteiger partial charge is 0.408 e. The summed E-state index contributed by atoms with van der Waals surface area (Å²) in [4.78, 5) is 28.2. The lowest BCUT2D eigenvalue weighted by atomic mass is 10.2. The monoisotopic (exact) mass is 361 g/mol. The van der Waals surface area contributed by atoms with Gasteiger partial charge in [-0.05, 0) is 39.8 Å². The number of nitrogens with zero attached hydrogens (tertiary/aromatic N) is 1. The number of aromatic nitrogens is 1. The molecule has 1 unspecified atom stereocenters. The third-order valence-electron chi connectivity index (χ3n) is 2.69. The first-order valence-electron chi connectivity index (χ1n) is 8.16. The fraction of sp³-hybridized carbons (Fsp3) is 0.500. The molecule has 1 atom stereocenters. The maximum Gasteiger partial charge on any atom is 0.408 e. The number of hydrogen-bond acceptors (Lipinski definition) is 4. The van der Waals surface area contributed by atoms with Crippen LogP contribution in [-0.4, -0.2) is 36.7 Å². The molecule has 0 radical (unpaired) electrons. The highest BCUT2D eigenvalue weighted by Gasteiger charge is 2.21. The van der Waals surface area contributed by atoms with Crippen LogP contribution in [0.1, 0.15) is 33.4 Å². The SMILES string of the molecule is CC(NC(=O)OC(C)(C)C)C(=O)Nc1cccc(C#C[Si](C)(C)C)n1. The van der Waals surface area contributed by atoms with Crippen molar-refractivity contribution in [1.82, 2.24) is 10.3 Å². The van der Waals surface area contributed by atoms with E-state index in [4.69, 9.17) is 4.74 Å². The number of anilines is 1. The molecule has 0 aromatic carbocycles.